The maximum atomic E-state index is 11.2. The number of hydrogen-bond donors (Lipinski definition) is 1. The summed E-state index contributed by atoms with van der Waals surface area (Å²) in [5, 5.41) is 2.78. The van der Waals surface area contributed by atoms with E-state index in [0.29, 0.717) is 12.3 Å². The standard InChI is InChI=1S/C9H16BrNO3/c1-6(2)4-7(9(13)14-3)11-8(12)5-10/h6-7H,4-5H2,1-3H3,(H,11,12). The number of carbonyl (C=O) groups excluding carboxylic acids is 2. The predicted octanol–water partition coefficient (Wildman–Crippen LogP) is 1.09. The molecule has 5 heteroatoms. The first-order valence-corrected chi connectivity index (χ1v) is 5.56. The van der Waals surface area contributed by atoms with Crippen LogP contribution in [-0.2, 0) is 14.3 Å². The summed E-state index contributed by atoms with van der Waals surface area (Å²) in [6.45, 7) is 3.96. The molecule has 0 aliphatic carbocycles. The van der Waals surface area contributed by atoms with Gasteiger partial charge in [0.25, 0.3) is 0 Å². The van der Waals surface area contributed by atoms with Crippen molar-refractivity contribution in [1.82, 2.24) is 5.32 Å². The number of amides is 1. The molecule has 0 saturated heterocycles. The van der Waals surface area contributed by atoms with Crippen molar-refractivity contribution in [3.63, 3.8) is 0 Å². The zero-order valence-corrected chi connectivity index (χ0v) is 10.3. The Morgan fingerprint density at radius 1 is 1.43 bits per heavy atom. The quantitative estimate of drug-likeness (QED) is 0.598. The molecular formula is C9H16BrNO3. The molecule has 0 saturated carbocycles. The van der Waals surface area contributed by atoms with E-state index in [0.717, 1.165) is 0 Å². The summed E-state index contributed by atoms with van der Waals surface area (Å²) in [6.07, 6.45) is 0.589. The smallest absolute Gasteiger partial charge is 0.328 e. The van der Waals surface area contributed by atoms with Crippen molar-refractivity contribution < 1.29 is 14.3 Å². The van der Waals surface area contributed by atoms with Gasteiger partial charge in [0.2, 0.25) is 5.91 Å². The van der Waals surface area contributed by atoms with Crippen molar-refractivity contribution in [2.45, 2.75) is 26.3 Å². The summed E-state index contributed by atoms with van der Waals surface area (Å²) in [6, 6.07) is -0.537. The lowest BCUT2D eigenvalue weighted by Crippen LogP contribution is -2.42. The molecule has 82 valence electrons. The van der Waals surface area contributed by atoms with Crippen molar-refractivity contribution in [3.05, 3.63) is 0 Å². The van der Waals surface area contributed by atoms with Gasteiger partial charge in [-0.15, -0.1) is 0 Å². The number of nitrogens with one attached hydrogen (secondary N) is 1. The molecule has 0 aromatic rings. The molecule has 14 heavy (non-hydrogen) atoms. The number of hydrogen-bond acceptors (Lipinski definition) is 3. The molecule has 0 aliphatic rings. The molecule has 0 heterocycles. The zero-order chi connectivity index (χ0) is 11.1. The highest BCUT2D eigenvalue weighted by Gasteiger charge is 2.21. The molecule has 1 amide bonds. The summed E-state index contributed by atoms with van der Waals surface area (Å²) in [5.74, 6) is -0.274. The minimum Gasteiger partial charge on any atom is -0.467 e. The number of carbonyl (C=O) groups is 2. The second-order valence-electron chi connectivity index (χ2n) is 3.41. The third-order valence-corrected chi connectivity index (χ3v) is 2.16. The molecule has 0 rings (SSSR count). The molecular weight excluding hydrogens is 250 g/mol. The molecule has 1 N–H and O–H groups in total. The van der Waals surface area contributed by atoms with Crippen molar-refractivity contribution in [3.8, 4) is 0 Å². The van der Waals surface area contributed by atoms with E-state index in [9.17, 15) is 9.59 Å². The molecule has 0 fully saturated rings. The van der Waals surface area contributed by atoms with Gasteiger partial charge in [-0.25, -0.2) is 4.79 Å². The minimum atomic E-state index is -0.537. The van der Waals surface area contributed by atoms with E-state index in [1.165, 1.54) is 7.11 Å². The Kier molecular flexibility index (Phi) is 6.53. The number of esters is 1. The number of rotatable bonds is 5. The lowest BCUT2D eigenvalue weighted by atomic mass is 10.0. The van der Waals surface area contributed by atoms with E-state index in [1.54, 1.807) is 0 Å². The first-order chi connectivity index (χ1) is 6.51. The van der Waals surface area contributed by atoms with Gasteiger partial charge in [0.05, 0.1) is 12.4 Å². The highest BCUT2D eigenvalue weighted by molar-refractivity contribution is 9.09. The van der Waals surface area contributed by atoms with E-state index >= 15 is 0 Å². The second kappa shape index (κ2) is 6.81. The van der Waals surface area contributed by atoms with Crippen LogP contribution in [0.5, 0.6) is 0 Å². The molecule has 4 nitrogen and oxygen atoms in total. The molecule has 0 bridgehead atoms. The Morgan fingerprint density at radius 3 is 2.36 bits per heavy atom. The fourth-order valence-corrected chi connectivity index (χ4v) is 1.22. The summed E-state index contributed by atoms with van der Waals surface area (Å²) >= 11 is 3.02. The van der Waals surface area contributed by atoms with Crippen LogP contribution in [0.15, 0.2) is 0 Å². The Morgan fingerprint density at radius 2 is 2.00 bits per heavy atom. The summed E-state index contributed by atoms with van der Waals surface area (Å²) in [4.78, 5) is 22.3. The van der Waals surface area contributed by atoms with Gasteiger partial charge in [-0.3, -0.25) is 4.79 Å². The lowest BCUT2D eigenvalue weighted by molar-refractivity contribution is -0.145. The maximum Gasteiger partial charge on any atom is 0.328 e. The van der Waals surface area contributed by atoms with Crippen molar-refractivity contribution in [2.24, 2.45) is 5.92 Å². The Labute approximate surface area is 92.5 Å². The van der Waals surface area contributed by atoms with Crippen molar-refractivity contribution in [1.29, 1.82) is 0 Å². The Balaban J connectivity index is 4.24. The van der Waals surface area contributed by atoms with E-state index in [-0.39, 0.29) is 11.2 Å². The van der Waals surface area contributed by atoms with E-state index < -0.39 is 12.0 Å². The van der Waals surface area contributed by atoms with Crippen LogP contribution in [0.1, 0.15) is 20.3 Å². The molecule has 0 radical (unpaired) electrons. The number of methoxy groups -OCH3 is 1. The van der Waals surface area contributed by atoms with Crippen molar-refractivity contribution >= 4 is 27.8 Å². The van der Waals surface area contributed by atoms with Gasteiger partial charge in [0.1, 0.15) is 6.04 Å². The van der Waals surface area contributed by atoms with Gasteiger partial charge >= 0.3 is 5.97 Å². The fourth-order valence-electron chi connectivity index (χ4n) is 1.06. The number of halogens is 1. The minimum absolute atomic E-state index is 0.193. The SMILES string of the molecule is COC(=O)C(CC(C)C)NC(=O)CBr. The van der Waals surface area contributed by atoms with Gasteiger partial charge in [-0.05, 0) is 12.3 Å². The van der Waals surface area contributed by atoms with Crippen LogP contribution in [0.3, 0.4) is 0 Å². The van der Waals surface area contributed by atoms with Gasteiger partial charge in [-0.2, -0.15) is 0 Å². The van der Waals surface area contributed by atoms with Gasteiger partial charge in [0, 0.05) is 0 Å². The Bertz CT molecular complexity index is 206. The van der Waals surface area contributed by atoms with Gasteiger partial charge in [0.15, 0.2) is 0 Å². The monoisotopic (exact) mass is 265 g/mol. The van der Waals surface area contributed by atoms with Gasteiger partial charge < -0.3 is 10.1 Å². The van der Waals surface area contributed by atoms with Crippen LogP contribution in [-0.4, -0.2) is 30.4 Å². The molecule has 0 spiro atoms. The fraction of sp³-hybridized carbons (Fsp3) is 0.778. The molecule has 1 atom stereocenters. The van der Waals surface area contributed by atoms with E-state index in [2.05, 4.69) is 26.0 Å². The van der Waals surface area contributed by atoms with Crippen LogP contribution < -0.4 is 5.32 Å². The van der Waals surface area contributed by atoms with E-state index in [1.807, 2.05) is 13.8 Å². The van der Waals surface area contributed by atoms with Crippen molar-refractivity contribution in [2.75, 3.05) is 12.4 Å². The third kappa shape index (κ3) is 5.21. The zero-order valence-electron chi connectivity index (χ0n) is 8.67. The highest BCUT2D eigenvalue weighted by atomic mass is 79.9. The van der Waals surface area contributed by atoms with Crippen LogP contribution in [0.2, 0.25) is 0 Å². The Hall–Kier alpha value is -0.580. The van der Waals surface area contributed by atoms with Crippen LogP contribution in [0.25, 0.3) is 0 Å². The number of ether oxygens (including phenoxy) is 1. The first kappa shape index (κ1) is 13.4. The molecule has 0 aromatic heterocycles. The molecule has 1 unspecified atom stereocenters. The topological polar surface area (TPSA) is 55.4 Å². The normalized spacial score (nSPS) is 12.4. The summed E-state index contributed by atoms with van der Waals surface area (Å²) < 4.78 is 4.59. The number of alkyl halides is 1. The van der Waals surface area contributed by atoms with E-state index in [4.69, 9.17) is 0 Å². The molecule has 0 aliphatic heterocycles. The highest BCUT2D eigenvalue weighted by Crippen LogP contribution is 2.06. The summed E-state index contributed by atoms with van der Waals surface area (Å²) in [5.41, 5.74) is 0. The maximum absolute atomic E-state index is 11.2. The average Bonchev–Trinajstić information content (AvgIpc) is 2.14. The average molecular weight is 266 g/mol. The molecule has 0 aromatic carbocycles. The summed E-state index contributed by atoms with van der Waals surface area (Å²) in [7, 11) is 1.32. The van der Waals surface area contributed by atoms with Gasteiger partial charge in [-0.1, -0.05) is 29.8 Å². The third-order valence-electron chi connectivity index (χ3n) is 1.65. The lowest BCUT2D eigenvalue weighted by Gasteiger charge is -2.17. The first-order valence-electron chi connectivity index (χ1n) is 4.44. The second-order valence-corrected chi connectivity index (χ2v) is 3.97. The largest absolute Gasteiger partial charge is 0.467 e. The van der Waals surface area contributed by atoms with Crippen LogP contribution in [0, 0.1) is 5.92 Å². The van der Waals surface area contributed by atoms with Crippen LogP contribution in [0.4, 0.5) is 0 Å². The van der Waals surface area contributed by atoms with Crippen LogP contribution >= 0.6 is 15.9 Å². The predicted molar refractivity (Wildman–Crippen MR) is 57.2 cm³/mol.